The van der Waals surface area contributed by atoms with Crippen LogP contribution in [0.15, 0.2) is 35.3 Å². The van der Waals surface area contributed by atoms with Gasteiger partial charge in [-0.1, -0.05) is 30.0 Å². The van der Waals surface area contributed by atoms with E-state index in [0.29, 0.717) is 10.8 Å². The number of aliphatic hydroxyl groups is 1. The average Bonchev–Trinajstić information content (AvgIpc) is 2.85. The maximum absolute atomic E-state index is 11.8. The SMILES string of the molecule is O=C(O)[C@H](O)N1C(=O)C2N=C(COc3ccccc3)SC21. The van der Waals surface area contributed by atoms with Crippen LogP contribution < -0.4 is 4.74 Å². The van der Waals surface area contributed by atoms with E-state index in [9.17, 15) is 14.7 Å². The number of aliphatic carboxylic acids is 1. The number of aliphatic hydroxyl groups excluding tert-OH is 1. The summed E-state index contributed by atoms with van der Waals surface area (Å²) in [6.45, 7) is 0.214. The smallest absolute Gasteiger partial charge is 0.354 e. The van der Waals surface area contributed by atoms with Gasteiger partial charge in [0.2, 0.25) is 6.23 Å². The number of carbonyl (C=O) groups excluding carboxylic acids is 1. The van der Waals surface area contributed by atoms with Gasteiger partial charge in [0.1, 0.15) is 22.8 Å². The zero-order valence-corrected chi connectivity index (χ0v) is 11.6. The number of carboxylic acid groups (broad SMARTS) is 1. The fourth-order valence-electron chi connectivity index (χ4n) is 2.15. The summed E-state index contributed by atoms with van der Waals surface area (Å²) in [5, 5.41) is 18.4. The van der Waals surface area contributed by atoms with Crippen molar-refractivity contribution in [3.8, 4) is 5.75 Å². The summed E-state index contributed by atoms with van der Waals surface area (Å²) in [6, 6.07) is 8.56. The number of para-hydroxylation sites is 1. The monoisotopic (exact) mass is 308 g/mol. The summed E-state index contributed by atoms with van der Waals surface area (Å²) in [7, 11) is 0. The van der Waals surface area contributed by atoms with Crippen molar-refractivity contribution in [2.45, 2.75) is 17.6 Å². The fourth-order valence-corrected chi connectivity index (χ4v) is 3.37. The van der Waals surface area contributed by atoms with Gasteiger partial charge in [0, 0.05) is 0 Å². The number of nitrogens with zero attached hydrogens (tertiary/aromatic N) is 2. The molecule has 2 heterocycles. The molecule has 8 heteroatoms. The molecule has 2 N–H and O–H groups in total. The number of rotatable bonds is 5. The van der Waals surface area contributed by atoms with Gasteiger partial charge in [0.05, 0.1) is 0 Å². The van der Waals surface area contributed by atoms with E-state index in [-0.39, 0.29) is 6.61 Å². The maximum Gasteiger partial charge on any atom is 0.354 e. The van der Waals surface area contributed by atoms with Gasteiger partial charge in [0.15, 0.2) is 6.04 Å². The Hall–Kier alpha value is -2.06. The lowest BCUT2D eigenvalue weighted by molar-refractivity contribution is -0.176. The molecule has 1 saturated heterocycles. The number of carboxylic acids is 1. The van der Waals surface area contributed by atoms with Crippen LogP contribution in [0.25, 0.3) is 0 Å². The fraction of sp³-hybridized carbons (Fsp3) is 0.308. The van der Waals surface area contributed by atoms with Gasteiger partial charge in [0.25, 0.3) is 5.91 Å². The minimum Gasteiger partial charge on any atom is -0.487 e. The molecule has 3 rings (SSSR count). The number of hydrogen-bond acceptors (Lipinski definition) is 6. The first-order chi connectivity index (χ1) is 10.1. The largest absolute Gasteiger partial charge is 0.487 e. The van der Waals surface area contributed by atoms with E-state index in [1.165, 1.54) is 11.8 Å². The summed E-state index contributed by atoms with van der Waals surface area (Å²) in [5.74, 6) is -1.23. The second-order valence-corrected chi connectivity index (χ2v) is 5.73. The first kappa shape index (κ1) is 13.9. The highest BCUT2D eigenvalue weighted by atomic mass is 32.2. The van der Waals surface area contributed by atoms with Gasteiger partial charge in [-0.25, -0.2) is 4.79 Å². The minimum atomic E-state index is -1.82. The van der Waals surface area contributed by atoms with Crippen LogP contribution in [0.4, 0.5) is 0 Å². The molecule has 1 fully saturated rings. The number of hydrogen-bond donors (Lipinski definition) is 2. The van der Waals surface area contributed by atoms with Crippen LogP contribution in [0.3, 0.4) is 0 Å². The molecule has 110 valence electrons. The standard InChI is InChI=1S/C13H12N2O5S/c16-10-9-12(15(10)11(17)13(18)19)21-8(14-9)6-20-7-4-2-1-3-5-7/h1-5,9,11-12,17H,6H2,(H,18,19)/t9?,11-,12?/m0/s1. The summed E-state index contributed by atoms with van der Waals surface area (Å²) < 4.78 is 5.53. The molecule has 1 amide bonds. The predicted octanol–water partition coefficient (Wildman–Crippen LogP) is 0.151. The highest BCUT2D eigenvalue weighted by molar-refractivity contribution is 8.15. The number of β-lactam (4-membered cyclic amide) rings is 1. The molecule has 0 radical (unpaired) electrons. The van der Waals surface area contributed by atoms with Crippen LogP contribution in [-0.2, 0) is 9.59 Å². The molecule has 21 heavy (non-hydrogen) atoms. The van der Waals surface area contributed by atoms with Gasteiger partial charge in [-0.2, -0.15) is 0 Å². The highest BCUT2D eigenvalue weighted by Crippen LogP contribution is 2.40. The average molecular weight is 308 g/mol. The molecule has 3 atom stereocenters. The number of aliphatic imine (C=N–C) groups is 1. The van der Waals surface area contributed by atoms with Crippen molar-refractivity contribution < 1.29 is 24.5 Å². The molecule has 2 unspecified atom stereocenters. The maximum atomic E-state index is 11.8. The van der Waals surface area contributed by atoms with Gasteiger partial charge in [-0.3, -0.25) is 14.7 Å². The summed E-state index contributed by atoms with van der Waals surface area (Å²) in [4.78, 5) is 27.6. The van der Waals surface area contributed by atoms with Crippen LogP contribution >= 0.6 is 11.8 Å². The third-order valence-corrected chi connectivity index (χ3v) is 4.40. The number of carbonyl (C=O) groups is 2. The quantitative estimate of drug-likeness (QED) is 0.751. The molecule has 0 aromatic heterocycles. The van der Waals surface area contributed by atoms with Crippen LogP contribution in [-0.4, -0.2) is 56.3 Å². The molecular weight excluding hydrogens is 296 g/mol. The third kappa shape index (κ3) is 2.47. The number of fused-ring (bicyclic) bond motifs is 1. The van der Waals surface area contributed by atoms with Crippen molar-refractivity contribution in [2.75, 3.05) is 6.61 Å². The molecule has 1 aromatic carbocycles. The van der Waals surface area contributed by atoms with Crippen molar-refractivity contribution in [3.05, 3.63) is 30.3 Å². The normalized spacial score (nSPS) is 24.9. The molecule has 7 nitrogen and oxygen atoms in total. The predicted molar refractivity (Wildman–Crippen MR) is 75.0 cm³/mol. The first-order valence-corrected chi connectivity index (χ1v) is 7.10. The lowest BCUT2D eigenvalue weighted by Crippen LogP contribution is -2.66. The summed E-state index contributed by atoms with van der Waals surface area (Å²) in [6.07, 6.45) is -1.82. The molecule has 0 aliphatic carbocycles. The van der Waals surface area contributed by atoms with E-state index in [1.54, 1.807) is 12.1 Å². The Labute approximate surface area is 124 Å². The number of amides is 1. The Bertz CT molecular complexity index is 606. The Balaban J connectivity index is 1.60. The zero-order valence-electron chi connectivity index (χ0n) is 10.7. The lowest BCUT2D eigenvalue weighted by Gasteiger charge is -2.42. The molecule has 1 aromatic rings. The third-order valence-electron chi connectivity index (χ3n) is 3.18. The minimum absolute atomic E-state index is 0.214. The van der Waals surface area contributed by atoms with E-state index in [2.05, 4.69) is 4.99 Å². The van der Waals surface area contributed by atoms with Crippen LogP contribution in [0.1, 0.15) is 0 Å². The summed E-state index contributed by atoms with van der Waals surface area (Å²) >= 11 is 1.24. The molecular formula is C13H12N2O5S. The van der Waals surface area contributed by atoms with Crippen LogP contribution in [0.2, 0.25) is 0 Å². The second-order valence-electron chi connectivity index (χ2n) is 4.54. The summed E-state index contributed by atoms with van der Waals surface area (Å²) in [5.41, 5.74) is 0. The molecule has 2 aliphatic heterocycles. The Morgan fingerprint density at radius 2 is 2.14 bits per heavy atom. The van der Waals surface area contributed by atoms with Crippen LogP contribution in [0, 0.1) is 0 Å². The van der Waals surface area contributed by atoms with Crippen molar-refractivity contribution in [3.63, 3.8) is 0 Å². The van der Waals surface area contributed by atoms with Gasteiger partial charge < -0.3 is 14.9 Å². The second kappa shape index (κ2) is 5.38. The van der Waals surface area contributed by atoms with Crippen molar-refractivity contribution in [1.82, 2.24) is 4.90 Å². The van der Waals surface area contributed by atoms with Crippen molar-refractivity contribution >= 4 is 28.7 Å². The van der Waals surface area contributed by atoms with E-state index in [0.717, 1.165) is 4.90 Å². The van der Waals surface area contributed by atoms with E-state index < -0.39 is 29.5 Å². The topological polar surface area (TPSA) is 99.4 Å². The Kier molecular flexibility index (Phi) is 3.56. The highest BCUT2D eigenvalue weighted by Gasteiger charge is 2.56. The molecule has 0 saturated carbocycles. The number of likely N-dealkylation sites (tertiary alicyclic amines) is 1. The van der Waals surface area contributed by atoms with Crippen LogP contribution in [0.5, 0.6) is 5.75 Å². The molecule has 0 bridgehead atoms. The first-order valence-electron chi connectivity index (χ1n) is 6.22. The van der Waals surface area contributed by atoms with Crippen molar-refractivity contribution in [2.24, 2.45) is 4.99 Å². The number of ether oxygens (including phenoxy) is 1. The Morgan fingerprint density at radius 3 is 2.81 bits per heavy atom. The van der Waals surface area contributed by atoms with Gasteiger partial charge >= 0.3 is 5.97 Å². The lowest BCUT2D eigenvalue weighted by atomic mass is 10.1. The van der Waals surface area contributed by atoms with Gasteiger partial charge in [-0.05, 0) is 12.1 Å². The van der Waals surface area contributed by atoms with Crippen molar-refractivity contribution in [1.29, 1.82) is 0 Å². The van der Waals surface area contributed by atoms with E-state index in [1.807, 2.05) is 18.2 Å². The Morgan fingerprint density at radius 1 is 1.43 bits per heavy atom. The zero-order chi connectivity index (χ0) is 15.0. The molecule has 2 aliphatic rings. The van der Waals surface area contributed by atoms with Gasteiger partial charge in [-0.15, -0.1) is 0 Å². The molecule has 0 spiro atoms. The van der Waals surface area contributed by atoms with E-state index >= 15 is 0 Å². The van der Waals surface area contributed by atoms with E-state index in [4.69, 9.17) is 9.84 Å². The number of thioether (sulfide) groups is 1. The number of benzene rings is 1.